The molecular weight excluding hydrogens is 402 g/mol. The zero-order valence-electron chi connectivity index (χ0n) is 14.8. The third-order valence-corrected chi connectivity index (χ3v) is 5.20. The summed E-state index contributed by atoms with van der Waals surface area (Å²) in [7, 11) is -3.34. The maximum absolute atomic E-state index is 12.4. The molecule has 144 valence electrons. The van der Waals surface area contributed by atoms with Crippen LogP contribution in [0.3, 0.4) is 0 Å². The number of ether oxygens (including phenoxy) is 1. The lowest BCUT2D eigenvalue weighted by Crippen LogP contribution is -2.23. The number of nitrogens with one attached hydrogen (secondary N) is 1. The molecule has 3 rings (SSSR count). The van der Waals surface area contributed by atoms with Gasteiger partial charge in [-0.1, -0.05) is 23.7 Å². The molecule has 0 atom stereocenters. The number of hydrogen-bond donors (Lipinski definition) is 1. The highest BCUT2D eigenvalue weighted by Crippen LogP contribution is 2.22. The van der Waals surface area contributed by atoms with E-state index in [1.807, 2.05) is 0 Å². The fourth-order valence-corrected chi connectivity index (χ4v) is 3.28. The van der Waals surface area contributed by atoms with Gasteiger partial charge in [-0.3, -0.25) is 4.79 Å². The van der Waals surface area contributed by atoms with Crippen LogP contribution in [0.4, 0.5) is 0 Å². The van der Waals surface area contributed by atoms with Crippen molar-refractivity contribution in [1.82, 2.24) is 15.3 Å². The van der Waals surface area contributed by atoms with Crippen LogP contribution >= 0.6 is 11.6 Å². The molecule has 3 aromatic rings. The van der Waals surface area contributed by atoms with Crippen LogP contribution < -0.4 is 10.1 Å². The molecule has 28 heavy (non-hydrogen) atoms. The van der Waals surface area contributed by atoms with E-state index in [9.17, 15) is 13.2 Å². The molecule has 0 saturated heterocycles. The maximum atomic E-state index is 12.4. The predicted octanol–water partition coefficient (Wildman–Crippen LogP) is 3.26. The van der Waals surface area contributed by atoms with Gasteiger partial charge in [0.1, 0.15) is 5.75 Å². The Morgan fingerprint density at radius 2 is 1.86 bits per heavy atom. The van der Waals surface area contributed by atoms with Crippen LogP contribution in [-0.2, 0) is 16.4 Å². The van der Waals surface area contributed by atoms with Crippen molar-refractivity contribution in [3.8, 4) is 11.8 Å². The lowest BCUT2D eigenvalue weighted by Gasteiger charge is -2.09. The minimum absolute atomic E-state index is 0.126. The number of benzene rings is 2. The monoisotopic (exact) mass is 417 g/mol. The molecule has 0 aliphatic carbocycles. The van der Waals surface area contributed by atoms with Gasteiger partial charge in [-0.15, -0.1) is 0 Å². The molecule has 1 N–H and O–H groups in total. The number of amides is 1. The maximum Gasteiger partial charge on any atom is 0.321 e. The predicted molar refractivity (Wildman–Crippen MR) is 104 cm³/mol. The Balaban J connectivity index is 1.68. The van der Waals surface area contributed by atoms with E-state index in [2.05, 4.69) is 15.3 Å². The highest BCUT2D eigenvalue weighted by Gasteiger charge is 2.12. The standard InChI is InChI=1S/C19H16ClN3O4S/c1-28(25,26)16-7-6-14(17(20)11-16)12-23-18(24)13-4-2-5-15(10-13)27-19-21-8-3-9-22-19/h2-11H,12H2,1H3,(H,23,24). The average Bonchev–Trinajstić information content (AvgIpc) is 2.67. The fraction of sp³-hybridized carbons (Fsp3) is 0.105. The van der Waals surface area contributed by atoms with Crippen molar-refractivity contribution in [2.24, 2.45) is 0 Å². The lowest BCUT2D eigenvalue weighted by atomic mass is 10.2. The molecule has 0 unspecified atom stereocenters. The second-order valence-electron chi connectivity index (χ2n) is 5.87. The summed E-state index contributed by atoms with van der Waals surface area (Å²) in [5.41, 5.74) is 0.991. The van der Waals surface area contributed by atoms with E-state index in [0.717, 1.165) is 6.26 Å². The number of rotatable bonds is 6. The van der Waals surface area contributed by atoms with Crippen LogP contribution in [0, 0.1) is 0 Å². The molecule has 1 heterocycles. The number of aromatic nitrogens is 2. The minimum Gasteiger partial charge on any atom is -0.424 e. The number of hydrogen-bond acceptors (Lipinski definition) is 6. The first-order chi connectivity index (χ1) is 13.3. The fourth-order valence-electron chi connectivity index (χ4n) is 2.32. The van der Waals surface area contributed by atoms with E-state index in [1.165, 1.54) is 12.1 Å². The van der Waals surface area contributed by atoms with Gasteiger partial charge in [-0.25, -0.2) is 18.4 Å². The summed E-state index contributed by atoms with van der Waals surface area (Å²) in [5.74, 6) is 0.0945. The Morgan fingerprint density at radius 1 is 1.11 bits per heavy atom. The van der Waals surface area contributed by atoms with Gasteiger partial charge >= 0.3 is 6.01 Å². The largest absolute Gasteiger partial charge is 0.424 e. The topological polar surface area (TPSA) is 98.2 Å². The Labute approximate surface area is 167 Å². The molecule has 0 fully saturated rings. The summed E-state index contributed by atoms with van der Waals surface area (Å²) in [4.78, 5) is 20.5. The van der Waals surface area contributed by atoms with E-state index in [-0.39, 0.29) is 28.4 Å². The highest BCUT2D eigenvalue weighted by molar-refractivity contribution is 7.90. The van der Waals surface area contributed by atoms with Crippen LogP contribution in [0.2, 0.25) is 5.02 Å². The Bertz CT molecular complexity index is 1110. The first-order valence-corrected chi connectivity index (χ1v) is 10.4. The van der Waals surface area contributed by atoms with Crippen LogP contribution in [0.15, 0.2) is 65.8 Å². The van der Waals surface area contributed by atoms with E-state index < -0.39 is 9.84 Å². The number of carbonyl (C=O) groups excluding carboxylic acids is 1. The Kier molecular flexibility index (Phi) is 5.91. The second-order valence-corrected chi connectivity index (χ2v) is 8.29. The summed E-state index contributed by atoms with van der Waals surface area (Å²) < 4.78 is 28.6. The first kappa shape index (κ1) is 19.8. The quantitative estimate of drug-likeness (QED) is 0.661. The normalized spacial score (nSPS) is 11.1. The molecule has 0 aliphatic rings. The number of sulfone groups is 1. The third-order valence-electron chi connectivity index (χ3n) is 3.74. The van der Waals surface area contributed by atoms with Crippen molar-refractivity contribution in [2.75, 3.05) is 6.26 Å². The van der Waals surface area contributed by atoms with E-state index in [0.29, 0.717) is 16.9 Å². The second kappa shape index (κ2) is 8.37. The summed E-state index contributed by atoms with van der Waals surface area (Å²) >= 11 is 6.13. The van der Waals surface area contributed by atoms with Gasteiger partial charge in [0.15, 0.2) is 9.84 Å². The smallest absolute Gasteiger partial charge is 0.321 e. The van der Waals surface area contributed by atoms with E-state index >= 15 is 0 Å². The van der Waals surface area contributed by atoms with Crippen molar-refractivity contribution < 1.29 is 17.9 Å². The van der Waals surface area contributed by atoms with Gasteiger partial charge in [0.2, 0.25) is 0 Å². The van der Waals surface area contributed by atoms with Crippen LogP contribution in [0.1, 0.15) is 15.9 Å². The van der Waals surface area contributed by atoms with Gasteiger partial charge < -0.3 is 10.1 Å². The van der Waals surface area contributed by atoms with Crippen LogP contribution in [0.25, 0.3) is 0 Å². The molecule has 0 radical (unpaired) electrons. The summed E-state index contributed by atoms with van der Waals surface area (Å²) in [6, 6.07) is 12.8. The van der Waals surface area contributed by atoms with Crippen molar-refractivity contribution in [2.45, 2.75) is 11.4 Å². The van der Waals surface area contributed by atoms with Gasteiger partial charge in [0.05, 0.1) is 4.90 Å². The number of halogens is 1. The molecule has 0 saturated carbocycles. The van der Waals surface area contributed by atoms with E-state index in [4.69, 9.17) is 16.3 Å². The molecule has 2 aromatic carbocycles. The zero-order valence-corrected chi connectivity index (χ0v) is 16.4. The van der Waals surface area contributed by atoms with Crippen molar-refractivity contribution >= 4 is 27.3 Å². The molecule has 0 spiro atoms. The average molecular weight is 418 g/mol. The van der Waals surface area contributed by atoms with Gasteiger partial charge in [0, 0.05) is 35.8 Å². The van der Waals surface area contributed by atoms with E-state index in [1.54, 1.807) is 48.8 Å². The molecule has 1 amide bonds. The highest BCUT2D eigenvalue weighted by atomic mass is 35.5. The van der Waals surface area contributed by atoms with Gasteiger partial charge in [0.25, 0.3) is 5.91 Å². The summed E-state index contributed by atoms with van der Waals surface area (Å²) in [5, 5.41) is 3.01. The molecule has 0 bridgehead atoms. The Morgan fingerprint density at radius 3 is 2.54 bits per heavy atom. The van der Waals surface area contributed by atoms with Crippen molar-refractivity contribution in [1.29, 1.82) is 0 Å². The van der Waals surface area contributed by atoms with Gasteiger partial charge in [-0.2, -0.15) is 0 Å². The first-order valence-electron chi connectivity index (χ1n) is 8.14. The lowest BCUT2D eigenvalue weighted by molar-refractivity contribution is 0.0950. The third kappa shape index (κ3) is 5.05. The van der Waals surface area contributed by atoms with Gasteiger partial charge in [-0.05, 0) is 42.0 Å². The van der Waals surface area contributed by atoms with Crippen LogP contribution in [-0.4, -0.2) is 30.5 Å². The van der Waals surface area contributed by atoms with Crippen LogP contribution in [0.5, 0.6) is 11.8 Å². The SMILES string of the molecule is CS(=O)(=O)c1ccc(CNC(=O)c2cccc(Oc3ncccn3)c2)c(Cl)c1. The molecule has 9 heteroatoms. The summed E-state index contributed by atoms with van der Waals surface area (Å²) in [6.07, 6.45) is 4.21. The molecule has 7 nitrogen and oxygen atoms in total. The Hall–Kier alpha value is -2.97. The molecular formula is C19H16ClN3O4S. The number of carbonyl (C=O) groups is 1. The zero-order chi connectivity index (χ0) is 20.1. The number of nitrogens with zero attached hydrogens (tertiary/aromatic N) is 2. The minimum atomic E-state index is -3.34. The molecule has 1 aromatic heterocycles. The molecule has 0 aliphatic heterocycles. The van der Waals surface area contributed by atoms with Crippen molar-refractivity contribution in [3.05, 3.63) is 77.1 Å². The van der Waals surface area contributed by atoms with Crippen molar-refractivity contribution in [3.63, 3.8) is 0 Å². The summed E-state index contributed by atoms with van der Waals surface area (Å²) in [6.45, 7) is 0.147.